The zero-order chi connectivity index (χ0) is 26.8. The van der Waals surface area contributed by atoms with Gasteiger partial charge in [0.1, 0.15) is 5.60 Å². The average Bonchev–Trinajstić information content (AvgIpc) is 3.62. The van der Waals surface area contributed by atoms with Crippen LogP contribution < -0.4 is 9.64 Å². The minimum Gasteiger partial charge on any atom is -0.475 e. The van der Waals surface area contributed by atoms with E-state index < -0.39 is 46.9 Å². The standard InChI is InChI=1S/C27H23N3O8/c1-26-19(31)12-27(38-26,9-10-36-20-11-18(37-29-20)25(34)35-2)22-21(26)23(32)30(24(22)33)17-8-7-14(13-28)15-5-3-4-6-16(15)17/h3-8,11,19,21-22,31H,9-10,12H2,1-2H3. The van der Waals surface area contributed by atoms with Gasteiger partial charge in [-0.15, -0.1) is 0 Å². The molecule has 3 aliphatic heterocycles. The molecule has 2 aromatic carbocycles. The molecule has 4 heterocycles. The summed E-state index contributed by atoms with van der Waals surface area (Å²) in [4.78, 5) is 40.5. The Bertz CT molecular complexity index is 1540. The number of anilines is 1. The van der Waals surface area contributed by atoms with Crippen LogP contribution in [0.2, 0.25) is 0 Å². The third-order valence-corrected chi connectivity index (χ3v) is 8.03. The van der Waals surface area contributed by atoms with Crippen LogP contribution in [0.3, 0.4) is 0 Å². The molecule has 11 heteroatoms. The third-order valence-electron chi connectivity index (χ3n) is 8.03. The third kappa shape index (κ3) is 3.20. The van der Waals surface area contributed by atoms with E-state index in [9.17, 15) is 24.8 Å². The number of aromatic nitrogens is 1. The summed E-state index contributed by atoms with van der Waals surface area (Å²) in [5.74, 6) is -3.35. The number of carbonyl (C=O) groups excluding carboxylic acids is 3. The van der Waals surface area contributed by atoms with Gasteiger partial charge in [0.15, 0.2) is 0 Å². The van der Waals surface area contributed by atoms with E-state index in [4.69, 9.17) is 14.0 Å². The number of esters is 1. The van der Waals surface area contributed by atoms with E-state index in [0.29, 0.717) is 22.0 Å². The first-order chi connectivity index (χ1) is 18.2. The summed E-state index contributed by atoms with van der Waals surface area (Å²) in [7, 11) is 1.21. The Balaban J connectivity index is 1.31. The summed E-state index contributed by atoms with van der Waals surface area (Å²) in [5.41, 5.74) is -1.56. The molecule has 2 amide bonds. The van der Waals surface area contributed by atoms with Crippen molar-refractivity contribution in [3.05, 3.63) is 53.8 Å². The molecule has 0 radical (unpaired) electrons. The molecule has 1 aromatic heterocycles. The molecule has 11 nitrogen and oxygen atoms in total. The lowest BCUT2D eigenvalue weighted by molar-refractivity contribution is -0.134. The molecule has 5 atom stereocenters. The van der Waals surface area contributed by atoms with Gasteiger partial charge >= 0.3 is 5.97 Å². The number of amides is 2. The van der Waals surface area contributed by atoms with Gasteiger partial charge in [-0.1, -0.05) is 24.3 Å². The zero-order valence-electron chi connectivity index (χ0n) is 20.5. The van der Waals surface area contributed by atoms with E-state index in [1.807, 2.05) is 0 Å². The number of benzene rings is 2. The lowest BCUT2D eigenvalue weighted by Crippen LogP contribution is -2.49. The molecule has 3 aromatic rings. The topological polar surface area (TPSA) is 152 Å². The van der Waals surface area contributed by atoms with Gasteiger partial charge in [-0.3, -0.25) is 9.59 Å². The molecule has 0 spiro atoms. The molecule has 3 aliphatic rings. The second-order valence-electron chi connectivity index (χ2n) is 9.95. The van der Waals surface area contributed by atoms with Crippen LogP contribution in [0.5, 0.6) is 5.88 Å². The predicted octanol–water partition coefficient (Wildman–Crippen LogP) is 2.35. The molecule has 5 unspecified atom stereocenters. The van der Waals surface area contributed by atoms with Crippen LogP contribution in [-0.4, -0.2) is 59.1 Å². The molecule has 3 fully saturated rings. The Labute approximate surface area is 216 Å². The highest BCUT2D eigenvalue weighted by Gasteiger charge is 2.77. The van der Waals surface area contributed by atoms with E-state index in [1.54, 1.807) is 43.3 Å². The quantitative estimate of drug-likeness (QED) is 0.381. The second-order valence-corrected chi connectivity index (χ2v) is 9.95. The van der Waals surface area contributed by atoms with Crippen molar-refractivity contribution in [3.63, 3.8) is 0 Å². The van der Waals surface area contributed by atoms with Crippen molar-refractivity contribution in [2.75, 3.05) is 18.6 Å². The summed E-state index contributed by atoms with van der Waals surface area (Å²) in [6.45, 7) is 1.69. The summed E-state index contributed by atoms with van der Waals surface area (Å²) < 4.78 is 21.5. The fourth-order valence-electron chi connectivity index (χ4n) is 6.29. The van der Waals surface area contributed by atoms with E-state index >= 15 is 0 Å². The molecule has 6 rings (SSSR count). The van der Waals surface area contributed by atoms with E-state index in [0.717, 1.165) is 0 Å². The molecular formula is C27H23N3O8. The van der Waals surface area contributed by atoms with Gasteiger partial charge < -0.3 is 23.8 Å². The van der Waals surface area contributed by atoms with Crippen molar-refractivity contribution >= 4 is 34.2 Å². The van der Waals surface area contributed by atoms with Gasteiger partial charge in [0, 0.05) is 23.6 Å². The number of hydrogen-bond donors (Lipinski definition) is 1. The fraction of sp³-hybridized carbons (Fsp3) is 0.370. The minimum atomic E-state index is -1.25. The number of aliphatic hydroxyl groups excluding tert-OH is 1. The number of nitriles is 1. The van der Waals surface area contributed by atoms with Crippen molar-refractivity contribution in [1.82, 2.24) is 5.16 Å². The molecule has 0 aliphatic carbocycles. The number of ether oxygens (including phenoxy) is 3. The average molecular weight is 517 g/mol. The molecule has 38 heavy (non-hydrogen) atoms. The predicted molar refractivity (Wildman–Crippen MR) is 129 cm³/mol. The van der Waals surface area contributed by atoms with E-state index in [-0.39, 0.29) is 31.1 Å². The molecule has 2 bridgehead atoms. The number of imide groups is 1. The fourth-order valence-corrected chi connectivity index (χ4v) is 6.29. The SMILES string of the molecule is COC(=O)c1cc(OCCC23CC(O)C(C)(O2)C2C(=O)N(c4ccc(C#N)c5ccccc45)C(=O)C23)no1. The number of hydrogen-bond acceptors (Lipinski definition) is 10. The molecular weight excluding hydrogens is 494 g/mol. The highest BCUT2D eigenvalue weighted by Crippen LogP contribution is 2.62. The first kappa shape index (κ1) is 24.1. The van der Waals surface area contributed by atoms with Crippen LogP contribution in [0, 0.1) is 23.2 Å². The van der Waals surface area contributed by atoms with Crippen LogP contribution in [0.15, 0.2) is 47.0 Å². The van der Waals surface area contributed by atoms with Crippen molar-refractivity contribution < 1.29 is 38.2 Å². The molecule has 1 N–H and O–H groups in total. The first-order valence-electron chi connectivity index (χ1n) is 12.1. The number of methoxy groups -OCH3 is 1. The van der Waals surface area contributed by atoms with Gasteiger partial charge in [0.05, 0.1) is 60.6 Å². The Morgan fingerprint density at radius 1 is 1.21 bits per heavy atom. The first-order valence-corrected chi connectivity index (χ1v) is 12.1. The van der Waals surface area contributed by atoms with Crippen molar-refractivity contribution in [3.8, 4) is 11.9 Å². The summed E-state index contributed by atoms with van der Waals surface area (Å²) >= 11 is 0. The number of nitrogens with zero attached hydrogens (tertiary/aromatic N) is 3. The lowest BCUT2D eigenvalue weighted by Gasteiger charge is -2.33. The van der Waals surface area contributed by atoms with Gasteiger partial charge in [0.25, 0.3) is 5.88 Å². The monoisotopic (exact) mass is 517 g/mol. The van der Waals surface area contributed by atoms with Crippen LogP contribution in [0.25, 0.3) is 10.8 Å². The van der Waals surface area contributed by atoms with Gasteiger partial charge in [-0.25, -0.2) is 9.69 Å². The number of rotatable bonds is 6. The van der Waals surface area contributed by atoms with Crippen LogP contribution in [-0.2, 0) is 19.1 Å². The largest absolute Gasteiger partial charge is 0.475 e. The van der Waals surface area contributed by atoms with E-state index in [2.05, 4.69) is 16.0 Å². The van der Waals surface area contributed by atoms with Crippen LogP contribution >= 0.6 is 0 Å². The maximum Gasteiger partial charge on any atom is 0.377 e. The Morgan fingerprint density at radius 3 is 2.68 bits per heavy atom. The summed E-state index contributed by atoms with van der Waals surface area (Å²) in [6, 6.07) is 13.8. The maximum absolute atomic E-state index is 13.9. The van der Waals surface area contributed by atoms with Crippen molar-refractivity contribution in [2.24, 2.45) is 11.8 Å². The molecule has 0 saturated carbocycles. The van der Waals surface area contributed by atoms with Crippen molar-refractivity contribution in [2.45, 2.75) is 37.1 Å². The Kier molecular flexibility index (Phi) is 5.31. The van der Waals surface area contributed by atoms with Gasteiger partial charge in [0.2, 0.25) is 17.6 Å². The zero-order valence-corrected chi connectivity index (χ0v) is 20.5. The lowest BCUT2D eigenvalue weighted by atomic mass is 9.66. The summed E-state index contributed by atoms with van der Waals surface area (Å²) in [6.07, 6.45) is -0.625. The Hall–Kier alpha value is -4.27. The minimum absolute atomic E-state index is 0.0282. The number of fused-ring (bicyclic) bond motifs is 6. The normalized spacial score (nSPS) is 29.5. The highest BCUT2D eigenvalue weighted by atomic mass is 16.6. The van der Waals surface area contributed by atoms with Gasteiger partial charge in [-0.2, -0.15) is 5.26 Å². The van der Waals surface area contributed by atoms with Crippen LogP contribution in [0.4, 0.5) is 5.69 Å². The van der Waals surface area contributed by atoms with Crippen LogP contribution in [0.1, 0.15) is 35.9 Å². The van der Waals surface area contributed by atoms with E-state index in [1.165, 1.54) is 18.1 Å². The smallest absolute Gasteiger partial charge is 0.377 e. The molecule has 194 valence electrons. The second kappa shape index (κ2) is 8.37. The highest BCUT2D eigenvalue weighted by molar-refractivity contribution is 6.26. The number of carbonyl (C=O) groups is 3. The molecule has 3 saturated heterocycles. The maximum atomic E-state index is 13.9. The summed E-state index contributed by atoms with van der Waals surface area (Å²) in [5, 5.41) is 25.4. The number of aliphatic hydroxyl groups is 1. The Morgan fingerprint density at radius 2 is 1.95 bits per heavy atom. The van der Waals surface area contributed by atoms with Gasteiger partial charge in [-0.05, 0) is 24.2 Å². The van der Waals surface area contributed by atoms with Crippen molar-refractivity contribution in [1.29, 1.82) is 5.26 Å².